The Morgan fingerprint density at radius 3 is 2.84 bits per heavy atom. The smallest absolute Gasteiger partial charge is 0.283 e. The van der Waals surface area contributed by atoms with Crippen LogP contribution in [0.1, 0.15) is 5.56 Å². The number of nitrogen functional groups attached to an aromatic ring is 1. The molecule has 0 aliphatic heterocycles. The maximum Gasteiger partial charge on any atom is 0.283 e. The van der Waals surface area contributed by atoms with Gasteiger partial charge in [-0.05, 0) is 35.6 Å². The van der Waals surface area contributed by atoms with Gasteiger partial charge in [-0.15, -0.1) is 4.91 Å². The molecular weight excluding hydrogens is 266 g/mol. The fraction of sp³-hybridized carbons (Fsp3) is 0. The molecule has 1 aromatic carbocycles. The van der Waals surface area contributed by atoms with Crippen LogP contribution in [0.15, 0.2) is 34.2 Å². The van der Waals surface area contributed by atoms with E-state index in [0.29, 0.717) is 11.3 Å². The highest BCUT2D eigenvalue weighted by atomic mass is 32.1. The van der Waals surface area contributed by atoms with Crippen molar-refractivity contribution < 1.29 is 0 Å². The summed E-state index contributed by atoms with van der Waals surface area (Å²) in [5.74, 6) is -0.168. The molecule has 3 N–H and O–H groups in total. The van der Waals surface area contributed by atoms with Crippen LogP contribution in [0.3, 0.4) is 0 Å². The van der Waals surface area contributed by atoms with Gasteiger partial charge in [-0.25, -0.2) is 0 Å². The van der Waals surface area contributed by atoms with Gasteiger partial charge in [0.1, 0.15) is 5.82 Å². The molecule has 2 rings (SSSR count). The number of hydrogen-bond donors (Lipinski definition) is 2. The summed E-state index contributed by atoms with van der Waals surface area (Å²) >= 11 is 5.00. The molecule has 0 saturated heterocycles. The fourth-order valence-electron chi connectivity index (χ4n) is 1.60. The molecular formula is C11H7N5O2S. The van der Waals surface area contributed by atoms with Crippen LogP contribution >= 0.6 is 12.2 Å². The van der Waals surface area contributed by atoms with E-state index in [-0.39, 0.29) is 10.6 Å². The lowest BCUT2D eigenvalue weighted by Crippen LogP contribution is -2.16. The number of nitriles is 1. The molecule has 0 aliphatic rings. The van der Waals surface area contributed by atoms with Crippen LogP contribution in [-0.2, 0) is 0 Å². The molecule has 8 heteroatoms. The zero-order valence-corrected chi connectivity index (χ0v) is 10.3. The number of nitrogens with one attached hydrogen (secondary N) is 1. The van der Waals surface area contributed by atoms with Crippen LogP contribution < -0.4 is 11.3 Å². The Labute approximate surface area is 111 Å². The molecule has 0 aliphatic carbocycles. The SMILES string of the molecule is N#Cc1cccc(-n2c(N)c(N=O)c(=O)[nH]c2=S)c1. The van der Waals surface area contributed by atoms with E-state index in [0.717, 1.165) is 0 Å². The van der Waals surface area contributed by atoms with Gasteiger partial charge < -0.3 is 5.73 Å². The second-order valence-electron chi connectivity index (χ2n) is 3.58. The molecule has 0 amide bonds. The Morgan fingerprint density at radius 1 is 1.47 bits per heavy atom. The van der Waals surface area contributed by atoms with Crippen molar-refractivity contribution in [3.8, 4) is 11.8 Å². The van der Waals surface area contributed by atoms with Crippen molar-refractivity contribution in [1.29, 1.82) is 5.26 Å². The maximum atomic E-state index is 11.4. The third-order valence-corrected chi connectivity index (χ3v) is 2.73. The normalized spacial score (nSPS) is 9.84. The zero-order valence-electron chi connectivity index (χ0n) is 9.45. The number of aromatic nitrogens is 2. The standard InChI is InChI=1S/C11H7N5O2S/c12-5-6-2-1-3-7(4-6)16-9(13)8(15-18)10(17)14-11(16)19/h1-4H,13H2,(H,14,17,19). The number of hydrogen-bond acceptors (Lipinski definition) is 6. The lowest BCUT2D eigenvalue weighted by atomic mass is 10.2. The number of nitroso groups, excluding NO2 is 1. The highest BCUT2D eigenvalue weighted by Crippen LogP contribution is 2.21. The number of anilines is 1. The Hall–Kier alpha value is -2.79. The summed E-state index contributed by atoms with van der Waals surface area (Å²) in [6, 6.07) is 8.37. The van der Waals surface area contributed by atoms with Gasteiger partial charge in [0.25, 0.3) is 5.56 Å². The highest BCUT2D eigenvalue weighted by Gasteiger charge is 2.12. The topological polar surface area (TPSA) is 117 Å². The van der Waals surface area contributed by atoms with Crippen LogP contribution in [0.4, 0.5) is 11.5 Å². The number of benzene rings is 1. The summed E-state index contributed by atoms with van der Waals surface area (Å²) in [4.78, 5) is 24.4. The summed E-state index contributed by atoms with van der Waals surface area (Å²) in [5.41, 5.74) is 5.38. The van der Waals surface area contributed by atoms with Crippen LogP contribution in [0.2, 0.25) is 0 Å². The van der Waals surface area contributed by atoms with E-state index in [1.54, 1.807) is 18.2 Å². The molecule has 0 atom stereocenters. The Morgan fingerprint density at radius 2 is 2.21 bits per heavy atom. The molecule has 0 radical (unpaired) electrons. The number of aromatic amines is 1. The molecule has 94 valence electrons. The largest absolute Gasteiger partial charge is 0.383 e. The van der Waals surface area contributed by atoms with E-state index < -0.39 is 11.2 Å². The number of nitrogens with two attached hydrogens (primary N) is 1. The fourth-order valence-corrected chi connectivity index (χ4v) is 1.90. The van der Waals surface area contributed by atoms with Crippen molar-refractivity contribution in [1.82, 2.24) is 9.55 Å². The van der Waals surface area contributed by atoms with Crippen LogP contribution in [0.5, 0.6) is 0 Å². The lowest BCUT2D eigenvalue weighted by Gasteiger charge is -2.11. The minimum Gasteiger partial charge on any atom is -0.383 e. The molecule has 0 fully saturated rings. The van der Waals surface area contributed by atoms with Crippen LogP contribution in [-0.4, -0.2) is 9.55 Å². The zero-order chi connectivity index (χ0) is 14.0. The van der Waals surface area contributed by atoms with Gasteiger partial charge in [-0.2, -0.15) is 5.26 Å². The molecule has 0 saturated carbocycles. The van der Waals surface area contributed by atoms with E-state index >= 15 is 0 Å². The number of H-pyrrole nitrogens is 1. The lowest BCUT2D eigenvalue weighted by molar-refractivity contribution is 0.948. The van der Waals surface area contributed by atoms with Gasteiger partial charge in [-0.1, -0.05) is 6.07 Å². The molecule has 1 aromatic heterocycles. The van der Waals surface area contributed by atoms with E-state index in [2.05, 4.69) is 10.2 Å². The van der Waals surface area contributed by atoms with Gasteiger partial charge in [0.05, 0.1) is 17.3 Å². The van der Waals surface area contributed by atoms with Crippen molar-refractivity contribution >= 4 is 23.7 Å². The first kappa shape index (κ1) is 12.7. The summed E-state index contributed by atoms with van der Waals surface area (Å²) in [6.07, 6.45) is 0. The Bertz CT molecular complexity index is 815. The van der Waals surface area contributed by atoms with E-state index in [4.69, 9.17) is 23.2 Å². The molecule has 7 nitrogen and oxygen atoms in total. The molecule has 0 bridgehead atoms. The van der Waals surface area contributed by atoms with E-state index in [1.807, 2.05) is 6.07 Å². The van der Waals surface area contributed by atoms with E-state index in [9.17, 15) is 9.70 Å². The minimum absolute atomic E-state index is 0.0185. The third kappa shape index (κ3) is 2.14. The molecule has 19 heavy (non-hydrogen) atoms. The predicted molar refractivity (Wildman–Crippen MR) is 71.8 cm³/mol. The maximum absolute atomic E-state index is 11.4. The van der Waals surface area contributed by atoms with Crippen molar-refractivity contribution in [2.45, 2.75) is 0 Å². The second-order valence-corrected chi connectivity index (χ2v) is 3.97. The summed E-state index contributed by atoms with van der Waals surface area (Å²) in [5, 5.41) is 11.4. The monoisotopic (exact) mass is 273 g/mol. The average Bonchev–Trinajstić information content (AvgIpc) is 2.39. The Balaban J connectivity index is 2.83. The van der Waals surface area contributed by atoms with Gasteiger partial charge in [0.15, 0.2) is 4.77 Å². The summed E-state index contributed by atoms with van der Waals surface area (Å²) in [6.45, 7) is 0. The first-order valence-corrected chi connectivity index (χ1v) is 5.48. The first-order valence-electron chi connectivity index (χ1n) is 5.07. The van der Waals surface area contributed by atoms with Crippen molar-refractivity contribution in [2.75, 3.05) is 5.73 Å². The van der Waals surface area contributed by atoms with Crippen LogP contribution in [0.25, 0.3) is 5.69 Å². The van der Waals surface area contributed by atoms with Gasteiger partial charge in [-0.3, -0.25) is 14.3 Å². The van der Waals surface area contributed by atoms with Crippen LogP contribution in [0, 0.1) is 21.0 Å². The quantitative estimate of drug-likeness (QED) is 0.638. The summed E-state index contributed by atoms with van der Waals surface area (Å²) in [7, 11) is 0. The molecule has 0 unspecified atom stereocenters. The van der Waals surface area contributed by atoms with E-state index in [1.165, 1.54) is 10.6 Å². The number of nitrogens with zero attached hydrogens (tertiary/aromatic N) is 3. The third-order valence-electron chi connectivity index (χ3n) is 2.45. The predicted octanol–water partition coefficient (Wildman–Crippen LogP) is 1.75. The minimum atomic E-state index is -0.745. The molecule has 2 aromatic rings. The Kier molecular flexibility index (Phi) is 3.22. The molecule has 0 spiro atoms. The molecule has 1 heterocycles. The van der Waals surface area contributed by atoms with Crippen molar-refractivity contribution in [3.63, 3.8) is 0 Å². The average molecular weight is 273 g/mol. The first-order chi connectivity index (χ1) is 9.08. The van der Waals surface area contributed by atoms with Gasteiger partial charge in [0.2, 0.25) is 5.69 Å². The summed E-state index contributed by atoms with van der Waals surface area (Å²) < 4.78 is 1.29. The van der Waals surface area contributed by atoms with Crippen molar-refractivity contribution in [2.24, 2.45) is 5.18 Å². The van der Waals surface area contributed by atoms with Gasteiger partial charge >= 0.3 is 0 Å². The van der Waals surface area contributed by atoms with Gasteiger partial charge in [0, 0.05) is 0 Å². The second kappa shape index (κ2) is 4.83. The van der Waals surface area contributed by atoms with Crippen molar-refractivity contribution in [3.05, 3.63) is 49.9 Å². The highest BCUT2D eigenvalue weighted by molar-refractivity contribution is 7.71. The number of rotatable bonds is 2.